The molecule has 5 rings (SSSR count). The van der Waals surface area contributed by atoms with E-state index in [1.807, 2.05) is 6.07 Å². The van der Waals surface area contributed by atoms with Crippen molar-refractivity contribution in [1.82, 2.24) is 0 Å². The number of benzene rings is 2. The third-order valence-corrected chi connectivity index (χ3v) is 6.93. The normalized spacial score (nSPS) is 15.5. The highest BCUT2D eigenvalue weighted by Gasteiger charge is 2.23. The van der Waals surface area contributed by atoms with Crippen molar-refractivity contribution in [3.63, 3.8) is 0 Å². The zero-order valence-corrected chi connectivity index (χ0v) is 16.1. The summed E-state index contributed by atoms with van der Waals surface area (Å²) in [6.45, 7) is 2.29. The van der Waals surface area contributed by atoms with Crippen LogP contribution >= 0.6 is 27.3 Å². The lowest BCUT2D eigenvalue weighted by atomic mass is 9.98. The third kappa shape index (κ3) is 2.63. The van der Waals surface area contributed by atoms with Gasteiger partial charge < -0.3 is 4.90 Å². The smallest absolute Gasteiger partial charge is 0.123 e. The molecular weight excluding hydrogens is 397 g/mol. The van der Waals surface area contributed by atoms with Crippen LogP contribution in [0.5, 0.6) is 0 Å². The lowest BCUT2D eigenvalue weighted by molar-refractivity contribution is 0.628. The van der Waals surface area contributed by atoms with Gasteiger partial charge in [-0.15, -0.1) is 11.3 Å². The van der Waals surface area contributed by atoms with Crippen molar-refractivity contribution in [3.05, 3.63) is 63.2 Å². The molecule has 1 nitrogen and oxygen atoms in total. The average Bonchev–Trinajstić information content (AvgIpc) is 3.24. The Kier molecular flexibility index (Phi) is 3.72. The summed E-state index contributed by atoms with van der Waals surface area (Å²) < 4.78 is 15.0. The quantitative estimate of drug-likeness (QED) is 0.344. The average molecular weight is 414 g/mol. The van der Waals surface area contributed by atoms with Crippen molar-refractivity contribution in [3.8, 4) is 21.6 Å². The van der Waals surface area contributed by atoms with Crippen LogP contribution in [0.4, 0.5) is 10.1 Å². The molecule has 0 amide bonds. The zero-order chi connectivity index (χ0) is 17.0. The molecule has 0 N–H and O–H groups in total. The van der Waals surface area contributed by atoms with Crippen LogP contribution < -0.4 is 4.90 Å². The predicted octanol–water partition coefficient (Wildman–Crippen LogP) is 6.49. The predicted molar refractivity (Wildman–Crippen MR) is 107 cm³/mol. The van der Waals surface area contributed by atoms with Gasteiger partial charge in [-0.3, -0.25) is 0 Å². The van der Waals surface area contributed by atoms with E-state index in [0.29, 0.717) is 0 Å². The molecule has 1 aliphatic heterocycles. The number of rotatable bonds is 1. The molecular formula is C21H17BrFNS. The van der Waals surface area contributed by atoms with Gasteiger partial charge in [-0.1, -0.05) is 12.1 Å². The van der Waals surface area contributed by atoms with Crippen LogP contribution in [0.15, 0.2) is 46.3 Å². The van der Waals surface area contributed by atoms with Gasteiger partial charge >= 0.3 is 0 Å². The van der Waals surface area contributed by atoms with E-state index in [1.54, 1.807) is 23.5 Å². The van der Waals surface area contributed by atoms with Crippen molar-refractivity contribution >= 4 is 33.0 Å². The maximum Gasteiger partial charge on any atom is 0.123 e. The molecule has 2 heterocycles. The highest BCUT2D eigenvalue weighted by atomic mass is 79.9. The largest absolute Gasteiger partial charge is 0.372 e. The van der Waals surface area contributed by atoms with E-state index in [2.05, 4.69) is 45.1 Å². The molecule has 0 atom stereocenters. The number of anilines is 1. The molecule has 0 radical (unpaired) electrons. The van der Waals surface area contributed by atoms with E-state index >= 15 is 0 Å². The van der Waals surface area contributed by atoms with Gasteiger partial charge in [0, 0.05) is 29.2 Å². The second-order valence-corrected chi connectivity index (χ2v) is 9.24. The molecule has 1 fully saturated rings. The fraction of sp³-hybridized carbons (Fsp3) is 0.238. The van der Waals surface area contributed by atoms with E-state index in [4.69, 9.17) is 0 Å². The minimum Gasteiger partial charge on any atom is -0.372 e. The van der Waals surface area contributed by atoms with Crippen LogP contribution in [0, 0.1) is 5.82 Å². The van der Waals surface area contributed by atoms with E-state index < -0.39 is 0 Å². The first kappa shape index (κ1) is 15.6. The summed E-state index contributed by atoms with van der Waals surface area (Å²) in [7, 11) is 0. The standard InChI is InChI=1S/C21H17BrFNS/c22-20-12-19-17-10-15(23)5-3-13(17)9-14-4-6-16(24-7-1-2-8-24)11-18(14)21(19)25-20/h3-6,10-12H,1-2,7-9H2. The summed E-state index contributed by atoms with van der Waals surface area (Å²) in [5.41, 5.74) is 7.29. The van der Waals surface area contributed by atoms with E-state index in [-0.39, 0.29) is 5.82 Å². The molecule has 1 saturated heterocycles. The number of hydrogen-bond acceptors (Lipinski definition) is 2. The van der Waals surface area contributed by atoms with Crippen molar-refractivity contribution in [2.24, 2.45) is 0 Å². The summed E-state index contributed by atoms with van der Waals surface area (Å²) in [6.07, 6.45) is 3.40. The molecule has 1 aromatic heterocycles. The highest BCUT2D eigenvalue weighted by molar-refractivity contribution is 9.11. The molecule has 4 heteroatoms. The second-order valence-electron chi connectivity index (χ2n) is 6.81. The molecule has 0 unspecified atom stereocenters. The van der Waals surface area contributed by atoms with Crippen LogP contribution in [-0.2, 0) is 6.42 Å². The van der Waals surface area contributed by atoms with Crippen molar-refractivity contribution in [2.75, 3.05) is 18.0 Å². The van der Waals surface area contributed by atoms with Crippen LogP contribution in [0.3, 0.4) is 0 Å². The monoisotopic (exact) mass is 413 g/mol. The van der Waals surface area contributed by atoms with Gasteiger partial charge in [0.2, 0.25) is 0 Å². The first-order chi connectivity index (χ1) is 12.2. The SMILES string of the molecule is Fc1ccc2c(c1)-c1cc(Br)sc1-c1cc(N3CCCC3)ccc1C2. The lowest BCUT2D eigenvalue weighted by Crippen LogP contribution is -2.17. The number of nitrogens with zero attached hydrogens (tertiary/aromatic N) is 1. The fourth-order valence-electron chi connectivity index (χ4n) is 4.02. The van der Waals surface area contributed by atoms with Gasteiger partial charge in [-0.05, 0) is 87.8 Å². The molecule has 126 valence electrons. The van der Waals surface area contributed by atoms with Crippen molar-refractivity contribution < 1.29 is 4.39 Å². The Morgan fingerprint density at radius 1 is 0.880 bits per heavy atom. The fourth-order valence-corrected chi connectivity index (χ4v) is 5.69. The molecule has 2 aromatic carbocycles. The Balaban J connectivity index is 1.73. The van der Waals surface area contributed by atoms with Crippen molar-refractivity contribution in [1.29, 1.82) is 0 Å². The Morgan fingerprint density at radius 2 is 1.64 bits per heavy atom. The zero-order valence-electron chi connectivity index (χ0n) is 13.7. The highest BCUT2D eigenvalue weighted by Crippen LogP contribution is 2.47. The molecule has 0 saturated carbocycles. The first-order valence-electron chi connectivity index (χ1n) is 8.65. The minimum atomic E-state index is -0.171. The number of fused-ring (bicyclic) bond motifs is 5. The Bertz CT molecular complexity index is 972. The molecule has 0 spiro atoms. The van der Waals surface area contributed by atoms with Crippen LogP contribution in [0.2, 0.25) is 0 Å². The van der Waals surface area contributed by atoms with E-state index in [0.717, 1.165) is 34.4 Å². The maximum atomic E-state index is 13.9. The van der Waals surface area contributed by atoms with Gasteiger partial charge in [-0.25, -0.2) is 4.39 Å². The molecule has 3 aromatic rings. The van der Waals surface area contributed by atoms with Gasteiger partial charge in [0.15, 0.2) is 0 Å². The van der Waals surface area contributed by atoms with Gasteiger partial charge in [0.25, 0.3) is 0 Å². The minimum absolute atomic E-state index is 0.171. The number of thiophene rings is 1. The summed E-state index contributed by atoms with van der Waals surface area (Å²) >= 11 is 5.38. The maximum absolute atomic E-state index is 13.9. The summed E-state index contributed by atoms with van der Waals surface area (Å²) in [5.74, 6) is -0.171. The van der Waals surface area contributed by atoms with Crippen molar-refractivity contribution in [2.45, 2.75) is 19.3 Å². The van der Waals surface area contributed by atoms with Gasteiger partial charge in [0.1, 0.15) is 5.82 Å². The second kappa shape index (κ2) is 5.96. The Labute approximate surface area is 159 Å². The summed E-state index contributed by atoms with van der Waals surface area (Å²) in [6, 6.07) is 14.2. The van der Waals surface area contributed by atoms with Gasteiger partial charge in [0.05, 0.1) is 3.79 Å². The van der Waals surface area contributed by atoms with Crippen LogP contribution in [-0.4, -0.2) is 13.1 Å². The van der Waals surface area contributed by atoms with Crippen LogP contribution in [0.25, 0.3) is 21.6 Å². The summed E-state index contributed by atoms with van der Waals surface area (Å²) in [5, 5.41) is 0. The number of hydrogen-bond donors (Lipinski definition) is 0. The Morgan fingerprint density at radius 3 is 2.48 bits per heavy atom. The van der Waals surface area contributed by atoms with E-state index in [1.165, 1.54) is 40.1 Å². The Hall–Kier alpha value is -1.65. The van der Waals surface area contributed by atoms with E-state index in [9.17, 15) is 4.39 Å². The van der Waals surface area contributed by atoms with Gasteiger partial charge in [-0.2, -0.15) is 0 Å². The van der Waals surface area contributed by atoms with Crippen LogP contribution in [0.1, 0.15) is 24.0 Å². The molecule has 25 heavy (non-hydrogen) atoms. The molecule has 1 aliphatic carbocycles. The first-order valence-corrected chi connectivity index (χ1v) is 10.3. The topological polar surface area (TPSA) is 3.24 Å². The summed E-state index contributed by atoms with van der Waals surface area (Å²) in [4.78, 5) is 3.72. The molecule has 2 aliphatic rings. The molecule has 0 bridgehead atoms. The third-order valence-electron chi connectivity index (χ3n) is 5.25. The lowest BCUT2D eigenvalue weighted by Gasteiger charge is -2.19. The number of halogens is 2.